The van der Waals surface area contributed by atoms with E-state index < -0.39 is 0 Å². The predicted molar refractivity (Wildman–Crippen MR) is 73.8 cm³/mol. The zero-order valence-electron chi connectivity index (χ0n) is 12.1. The molecule has 2 rings (SSSR count). The quantitative estimate of drug-likeness (QED) is 0.828. The molecule has 0 aliphatic rings. The topological polar surface area (TPSA) is 92.0 Å². The van der Waals surface area contributed by atoms with Crippen molar-refractivity contribution in [3.05, 3.63) is 18.3 Å². The molecule has 0 saturated heterocycles. The average molecular weight is 279 g/mol. The lowest BCUT2D eigenvalue weighted by Crippen LogP contribution is -2.12. The maximum absolute atomic E-state index is 5.66. The minimum absolute atomic E-state index is 0.163. The van der Waals surface area contributed by atoms with Crippen LogP contribution < -0.4 is 5.73 Å². The van der Waals surface area contributed by atoms with Crippen molar-refractivity contribution in [1.29, 1.82) is 0 Å². The van der Waals surface area contributed by atoms with E-state index in [1.807, 2.05) is 17.7 Å². The summed E-state index contributed by atoms with van der Waals surface area (Å²) in [6.07, 6.45) is 3.38. The SMILES string of the molecule is CCOC(c1noc(-c2cn(CCN)cn2)n1)C(C)C. The van der Waals surface area contributed by atoms with Crippen molar-refractivity contribution in [2.24, 2.45) is 11.7 Å². The molecule has 0 spiro atoms. The third-order valence-corrected chi connectivity index (χ3v) is 2.89. The van der Waals surface area contributed by atoms with Gasteiger partial charge in [0.25, 0.3) is 5.89 Å². The number of rotatable bonds is 7. The molecule has 110 valence electrons. The molecule has 7 heteroatoms. The Bertz CT molecular complexity index is 534. The van der Waals surface area contributed by atoms with E-state index in [2.05, 4.69) is 29.0 Å². The highest BCUT2D eigenvalue weighted by Crippen LogP contribution is 2.25. The van der Waals surface area contributed by atoms with Crippen molar-refractivity contribution < 1.29 is 9.26 Å². The molecule has 0 bridgehead atoms. The summed E-state index contributed by atoms with van der Waals surface area (Å²) in [6.45, 7) is 7.95. The highest BCUT2D eigenvalue weighted by atomic mass is 16.5. The number of aromatic nitrogens is 4. The van der Waals surface area contributed by atoms with Gasteiger partial charge in [0, 0.05) is 25.9 Å². The Hall–Kier alpha value is -1.73. The van der Waals surface area contributed by atoms with E-state index in [9.17, 15) is 0 Å². The summed E-state index contributed by atoms with van der Waals surface area (Å²) in [5.74, 6) is 1.24. The summed E-state index contributed by atoms with van der Waals surface area (Å²) in [5.41, 5.74) is 6.15. The first-order valence-electron chi connectivity index (χ1n) is 6.83. The van der Waals surface area contributed by atoms with Crippen LogP contribution in [0, 0.1) is 5.92 Å². The van der Waals surface area contributed by atoms with Crippen molar-refractivity contribution in [2.75, 3.05) is 13.2 Å². The van der Waals surface area contributed by atoms with E-state index in [-0.39, 0.29) is 12.0 Å². The molecule has 2 aromatic rings. The molecule has 0 radical (unpaired) electrons. The summed E-state index contributed by atoms with van der Waals surface area (Å²) in [6, 6.07) is 0. The van der Waals surface area contributed by atoms with Crippen LogP contribution in [-0.2, 0) is 11.3 Å². The van der Waals surface area contributed by atoms with Crippen LogP contribution in [0.2, 0.25) is 0 Å². The van der Waals surface area contributed by atoms with Gasteiger partial charge in [0.2, 0.25) is 5.82 Å². The van der Waals surface area contributed by atoms with E-state index in [1.54, 1.807) is 6.33 Å². The van der Waals surface area contributed by atoms with E-state index >= 15 is 0 Å². The highest BCUT2D eigenvalue weighted by Gasteiger charge is 2.23. The van der Waals surface area contributed by atoms with Gasteiger partial charge in [-0.3, -0.25) is 0 Å². The lowest BCUT2D eigenvalue weighted by Gasteiger charge is -2.16. The van der Waals surface area contributed by atoms with Crippen LogP contribution in [0.1, 0.15) is 32.7 Å². The number of hydrogen-bond acceptors (Lipinski definition) is 6. The van der Waals surface area contributed by atoms with Gasteiger partial charge in [-0.15, -0.1) is 0 Å². The molecule has 0 fully saturated rings. The standard InChI is InChI=1S/C13H21N5O2/c1-4-19-11(9(2)3)12-16-13(20-17-12)10-7-18(6-5-14)8-15-10/h7-9,11H,4-6,14H2,1-3H3. The van der Waals surface area contributed by atoms with Crippen LogP contribution in [0.3, 0.4) is 0 Å². The molecule has 0 aliphatic heterocycles. The van der Waals surface area contributed by atoms with Crippen LogP contribution in [-0.4, -0.2) is 32.8 Å². The van der Waals surface area contributed by atoms with Gasteiger partial charge < -0.3 is 19.6 Å². The largest absolute Gasteiger partial charge is 0.370 e. The number of imidazole rings is 1. The van der Waals surface area contributed by atoms with Crippen molar-refractivity contribution in [2.45, 2.75) is 33.4 Å². The molecule has 1 atom stereocenters. The third-order valence-electron chi connectivity index (χ3n) is 2.89. The van der Waals surface area contributed by atoms with Gasteiger partial charge in [0.05, 0.1) is 6.33 Å². The van der Waals surface area contributed by atoms with Crippen LogP contribution in [0.15, 0.2) is 17.0 Å². The fourth-order valence-electron chi connectivity index (χ4n) is 1.94. The van der Waals surface area contributed by atoms with E-state index in [1.165, 1.54) is 0 Å². The smallest absolute Gasteiger partial charge is 0.278 e. The molecule has 7 nitrogen and oxygen atoms in total. The normalized spacial score (nSPS) is 13.1. The summed E-state index contributed by atoms with van der Waals surface area (Å²) in [7, 11) is 0. The van der Waals surface area contributed by atoms with Crippen LogP contribution >= 0.6 is 0 Å². The number of ether oxygens (including phenoxy) is 1. The summed E-state index contributed by atoms with van der Waals surface area (Å²) < 4.78 is 12.8. The minimum atomic E-state index is -0.163. The maximum atomic E-state index is 5.66. The first kappa shape index (κ1) is 14.7. The van der Waals surface area contributed by atoms with Crippen molar-refractivity contribution in [3.8, 4) is 11.6 Å². The third kappa shape index (κ3) is 3.23. The van der Waals surface area contributed by atoms with E-state index in [4.69, 9.17) is 15.0 Å². The highest BCUT2D eigenvalue weighted by molar-refractivity contribution is 5.44. The maximum Gasteiger partial charge on any atom is 0.278 e. The molecule has 2 N–H and O–H groups in total. The minimum Gasteiger partial charge on any atom is -0.370 e. The summed E-state index contributed by atoms with van der Waals surface area (Å²) >= 11 is 0. The lowest BCUT2D eigenvalue weighted by atomic mass is 10.1. The van der Waals surface area contributed by atoms with Crippen LogP contribution in [0.5, 0.6) is 0 Å². The molecule has 0 aromatic carbocycles. The zero-order chi connectivity index (χ0) is 14.5. The second kappa shape index (κ2) is 6.62. The molecule has 0 amide bonds. The number of nitrogens with zero attached hydrogens (tertiary/aromatic N) is 4. The Morgan fingerprint density at radius 3 is 2.90 bits per heavy atom. The van der Waals surface area contributed by atoms with Crippen molar-refractivity contribution in [3.63, 3.8) is 0 Å². The van der Waals surface area contributed by atoms with Gasteiger partial charge in [-0.1, -0.05) is 19.0 Å². The molecule has 0 aliphatic carbocycles. The zero-order valence-corrected chi connectivity index (χ0v) is 12.1. The Labute approximate surface area is 118 Å². The Kier molecular flexibility index (Phi) is 4.86. The Morgan fingerprint density at radius 2 is 2.25 bits per heavy atom. The Balaban J connectivity index is 2.18. The molecule has 2 aromatic heterocycles. The van der Waals surface area contributed by atoms with Crippen LogP contribution in [0.25, 0.3) is 11.6 Å². The van der Waals surface area contributed by atoms with Crippen molar-refractivity contribution in [1.82, 2.24) is 19.7 Å². The Morgan fingerprint density at radius 1 is 1.45 bits per heavy atom. The summed E-state index contributed by atoms with van der Waals surface area (Å²) in [4.78, 5) is 8.62. The second-order valence-corrected chi connectivity index (χ2v) is 4.86. The molecule has 2 heterocycles. The fourth-order valence-corrected chi connectivity index (χ4v) is 1.94. The number of hydrogen-bond donors (Lipinski definition) is 1. The molecular weight excluding hydrogens is 258 g/mol. The van der Waals surface area contributed by atoms with Gasteiger partial charge in [-0.05, 0) is 12.8 Å². The van der Waals surface area contributed by atoms with Gasteiger partial charge in [0.15, 0.2) is 0 Å². The van der Waals surface area contributed by atoms with Gasteiger partial charge in [-0.2, -0.15) is 4.98 Å². The van der Waals surface area contributed by atoms with Gasteiger partial charge >= 0.3 is 0 Å². The predicted octanol–water partition coefficient (Wildman–Crippen LogP) is 1.63. The van der Waals surface area contributed by atoms with Crippen molar-refractivity contribution >= 4 is 0 Å². The molecule has 20 heavy (non-hydrogen) atoms. The second-order valence-electron chi connectivity index (χ2n) is 4.86. The van der Waals surface area contributed by atoms with Crippen LogP contribution in [0.4, 0.5) is 0 Å². The lowest BCUT2D eigenvalue weighted by molar-refractivity contribution is 0.0217. The fraction of sp³-hybridized carbons (Fsp3) is 0.615. The molecule has 1 unspecified atom stereocenters. The first-order chi connectivity index (χ1) is 9.65. The number of nitrogens with two attached hydrogens (primary N) is 1. The summed E-state index contributed by atoms with van der Waals surface area (Å²) in [5, 5.41) is 4.00. The van der Waals surface area contributed by atoms with Gasteiger partial charge in [-0.25, -0.2) is 4.98 Å². The first-order valence-corrected chi connectivity index (χ1v) is 6.83. The van der Waals surface area contributed by atoms with E-state index in [0.717, 1.165) is 0 Å². The average Bonchev–Trinajstić information content (AvgIpc) is 3.04. The molecular formula is C13H21N5O2. The molecule has 0 saturated carbocycles. The van der Waals surface area contributed by atoms with E-state index in [0.29, 0.717) is 37.1 Å². The van der Waals surface area contributed by atoms with Gasteiger partial charge in [0.1, 0.15) is 11.8 Å². The monoisotopic (exact) mass is 279 g/mol.